The summed E-state index contributed by atoms with van der Waals surface area (Å²) >= 11 is 0. The van der Waals surface area contributed by atoms with Crippen molar-refractivity contribution in [3.8, 4) is 17.2 Å². The fourth-order valence-electron chi connectivity index (χ4n) is 4.10. The number of carbonyl (C=O) groups excluding carboxylic acids is 2. The van der Waals surface area contributed by atoms with Gasteiger partial charge in [0.2, 0.25) is 0 Å². The minimum absolute atomic E-state index is 0.0219. The lowest BCUT2D eigenvalue weighted by Crippen LogP contribution is -2.07. The molecule has 0 aliphatic carbocycles. The molecule has 2 unspecified atom stereocenters. The molecule has 0 amide bonds. The highest BCUT2D eigenvalue weighted by molar-refractivity contribution is 5.91. The second kappa shape index (κ2) is 14.0. The van der Waals surface area contributed by atoms with E-state index in [4.69, 9.17) is 9.47 Å². The number of phenols is 3. The summed E-state index contributed by atoms with van der Waals surface area (Å²) in [6.07, 6.45) is 9.27. The van der Waals surface area contributed by atoms with Crippen molar-refractivity contribution in [2.75, 3.05) is 13.2 Å². The molecule has 3 rings (SSSR count). The molecule has 0 saturated carbocycles. The van der Waals surface area contributed by atoms with Crippen LogP contribution in [0.25, 0.3) is 6.08 Å². The molecule has 2 atom stereocenters. The molecule has 0 bridgehead atoms. The number of hydrogen-bond donors (Lipinski definition) is 4. The molecule has 0 saturated heterocycles. The van der Waals surface area contributed by atoms with Gasteiger partial charge < -0.3 is 29.9 Å². The van der Waals surface area contributed by atoms with Crippen molar-refractivity contribution in [2.45, 2.75) is 45.1 Å². The molecule has 1 aliphatic heterocycles. The Balaban J connectivity index is 1.38. The number of allylic oxidation sites excluding steroid dienone is 1. The molecular weight excluding hydrogens is 488 g/mol. The quantitative estimate of drug-likeness (QED) is 0.124. The highest BCUT2D eigenvalue weighted by Gasteiger charge is 2.28. The minimum Gasteiger partial charge on any atom is -0.508 e. The average Bonchev–Trinajstić information content (AvgIpc) is 3.27. The van der Waals surface area contributed by atoms with Gasteiger partial charge in [-0.25, -0.2) is 9.59 Å². The van der Waals surface area contributed by atoms with E-state index in [0.717, 1.165) is 30.4 Å². The van der Waals surface area contributed by atoms with Crippen molar-refractivity contribution >= 4 is 18.0 Å². The van der Waals surface area contributed by atoms with Crippen LogP contribution in [0.5, 0.6) is 17.2 Å². The lowest BCUT2D eigenvalue weighted by Gasteiger charge is -2.13. The molecule has 202 valence electrons. The third kappa shape index (κ3) is 8.81. The Morgan fingerprint density at radius 2 is 1.82 bits per heavy atom. The van der Waals surface area contributed by atoms with Gasteiger partial charge in [-0.05, 0) is 98.6 Å². The van der Waals surface area contributed by atoms with Crippen LogP contribution < -0.4 is 0 Å². The van der Waals surface area contributed by atoms with E-state index in [2.05, 4.69) is 0 Å². The van der Waals surface area contributed by atoms with Gasteiger partial charge in [0, 0.05) is 23.8 Å². The highest BCUT2D eigenvalue weighted by atomic mass is 16.5. The second-order valence-corrected chi connectivity index (χ2v) is 9.36. The maximum absolute atomic E-state index is 12.2. The maximum atomic E-state index is 12.2. The first-order valence-electron chi connectivity index (χ1n) is 12.6. The van der Waals surface area contributed by atoms with Crippen LogP contribution in [0.15, 0.2) is 71.8 Å². The third-order valence-corrected chi connectivity index (χ3v) is 6.30. The summed E-state index contributed by atoms with van der Waals surface area (Å²) in [4.78, 5) is 24.2. The van der Waals surface area contributed by atoms with Gasteiger partial charge in [0.1, 0.15) is 30.0 Å². The minimum atomic E-state index is -0.733. The molecule has 2 aromatic rings. The van der Waals surface area contributed by atoms with Gasteiger partial charge in [0.25, 0.3) is 0 Å². The smallest absolute Gasteiger partial charge is 0.334 e. The Bertz CT molecular complexity index is 1190. The molecule has 1 heterocycles. The number of aliphatic hydroxyl groups excluding tert-OH is 1. The predicted molar refractivity (Wildman–Crippen MR) is 142 cm³/mol. The SMILES string of the molecule is CC(=CCCC(CO)CCCC1=CC(c2cc(O)ccc2O)OC1=O)COC(=O)C=Cc1ccc(O)cc1. The van der Waals surface area contributed by atoms with E-state index in [1.165, 1.54) is 36.4 Å². The van der Waals surface area contributed by atoms with Gasteiger partial charge in [0.05, 0.1) is 0 Å². The number of cyclic esters (lactones) is 1. The van der Waals surface area contributed by atoms with E-state index in [1.807, 2.05) is 13.0 Å². The van der Waals surface area contributed by atoms with Gasteiger partial charge in [-0.3, -0.25) is 0 Å². The maximum Gasteiger partial charge on any atom is 0.334 e. The van der Waals surface area contributed by atoms with Crippen LogP contribution in [-0.4, -0.2) is 45.6 Å². The van der Waals surface area contributed by atoms with Crippen molar-refractivity contribution in [2.24, 2.45) is 5.92 Å². The van der Waals surface area contributed by atoms with Crippen LogP contribution in [0.2, 0.25) is 0 Å². The topological polar surface area (TPSA) is 134 Å². The summed E-state index contributed by atoms with van der Waals surface area (Å²) in [5.41, 5.74) is 2.54. The predicted octanol–water partition coefficient (Wildman–Crippen LogP) is 5.09. The van der Waals surface area contributed by atoms with Crippen molar-refractivity contribution in [3.63, 3.8) is 0 Å². The van der Waals surface area contributed by atoms with Crippen molar-refractivity contribution in [1.29, 1.82) is 0 Å². The van der Waals surface area contributed by atoms with Crippen molar-refractivity contribution in [1.82, 2.24) is 0 Å². The number of aromatic hydroxyl groups is 3. The largest absolute Gasteiger partial charge is 0.508 e. The van der Waals surface area contributed by atoms with Crippen LogP contribution in [0.1, 0.15) is 56.3 Å². The molecule has 0 radical (unpaired) electrons. The van der Waals surface area contributed by atoms with E-state index >= 15 is 0 Å². The Labute approximate surface area is 222 Å². The molecule has 2 aromatic carbocycles. The first-order chi connectivity index (χ1) is 18.2. The highest BCUT2D eigenvalue weighted by Crippen LogP contribution is 2.36. The van der Waals surface area contributed by atoms with Crippen molar-refractivity contribution < 1.29 is 39.5 Å². The Morgan fingerprint density at radius 3 is 2.55 bits per heavy atom. The molecule has 1 aliphatic rings. The third-order valence-electron chi connectivity index (χ3n) is 6.30. The van der Waals surface area contributed by atoms with Gasteiger partial charge >= 0.3 is 11.9 Å². The Hall–Kier alpha value is -4.04. The summed E-state index contributed by atoms with van der Waals surface area (Å²) in [5.74, 6) is -0.747. The van der Waals surface area contributed by atoms with Gasteiger partial charge in [-0.2, -0.15) is 0 Å². The number of aliphatic hydroxyl groups is 1. The number of carbonyl (C=O) groups is 2. The van der Waals surface area contributed by atoms with E-state index in [9.17, 15) is 30.0 Å². The van der Waals surface area contributed by atoms with Gasteiger partial charge in [-0.15, -0.1) is 0 Å². The van der Waals surface area contributed by atoms with E-state index in [-0.39, 0.29) is 36.4 Å². The van der Waals surface area contributed by atoms with Crippen LogP contribution in [0, 0.1) is 5.92 Å². The van der Waals surface area contributed by atoms with Crippen LogP contribution >= 0.6 is 0 Å². The normalized spacial score (nSPS) is 16.4. The zero-order valence-electron chi connectivity index (χ0n) is 21.4. The van der Waals surface area contributed by atoms with Crippen LogP contribution in [-0.2, 0) is 19.1 Å². The standard InChI is InChI=1S/C30H34O8/c1-20(19-37-29(35)15-10-21-8-11-24(32)12-9-21)4-2-5-22(18-31)6-3-7-23-16-28(38-30(23)36)26-17-25(33)13-14-27(26)34/h4,8-17,22,28,31-34H,2-3,5-7,18-19H2,1H3. The molecule has 4 N–H and O–H groups in total. The lowest BCUT2D eigenvalue weighted by atomic mass is 9.95. The number of rotatable bonds is 13. The fourth-order valence-corrected chi connectivity index (χ4v) is 4.10. The van der Waals surface area contributed by atoms with E-state index in [1.54, 1.807) is 24.3 Å². The average molecular weight is 523 g/mol. The van der Waals surface area contributed by atoms with E-state index in [0.29, 0.717) is 24.0 Å². The summed E-state index contributed by atoms with van der Waals surface area (Å²) in [7, 11) is 0. The first kappa shape index (κ1) is 28.5. The summed E-state index contributed by atoms with van der Waals surface area (Å²) in [6, 6.07) is 10.6. The van der Waals surface area contributed by atoms with Crippen LogP contribution in [0.4, 0.5) is 0 Å². The zero-order valence-corrected chi connectivity index (χ0v) is 21.4. The van der Waals surface area contributed by atoms with Gasteiger partial charge in [-0.1, -0.05) is 18.2 Å². The fraction of sp³-hybridized carbons (Fsp3) is 0.333. The monoisotopic (exact) mass is 522 g/mol. The lowest BCUT2D eigenvalue weighted by molar-refractivity contribution is -0.140. The number of phenolic OH excluding ortho intramolecular Hbond substituents is 3. The van der Waals surface area contributed by atoms with Crippen LogP contribution in [0.3, 0.4) is 0 Å². The van der Waals surface area contributed by atoms with Crippen molar-refractivity contribution in [3.05, 3.63) is 83.0 Å². The summed E-state index contributed by atoms with van der Waals surface area (Å²) in [6.45, 7) is 2.09. The number of ether oxygens (including phenoxy) is 2. The Morgan fingerprint density at radius 1 is 1.08 bits per heavy atom. The molecular formula is C30H34O8. The zero-order chi connectivity index (χ0) is 27.5. The first-order valence-corrected chi connectivity index (χ1v) is 12.6. The molecule has 0 spiro atoms. The summed E-state index contributed by atoms with van der Waals surface area (Å²) in [5, 5.41) is 38.7. The number of benzene rings is 2. The molecule has 0 fully saturated rings. The second-order valence-electron chi connectivity index (χ2n) is 9.36. The molecule has 8 nitrogen and oxygen atoms in total. The summed E-state index contributed by atoms with van der Waals surface area (Å²) < 4.78 is 10.6. The molecule has 0 aromatic heterocycles. The number of hydrogen-bond acceptors (Lipinski definition) is 8. The van der Waals surface area contributed by atoms with E-state index < -0.39 is 18.0 Å². The molecule has 38 heavy (non-hydrogen) atoms. The van der Waals surface area contributed by atoms with Gasteiger partial charge in [0.15, 0.2) is 0 Å². The number of esters is 2. The Kier molecular flexibility index (Phi) is 10.5. The molecule has 8 heteroatoms.